The molecule has 0 amide bonds. The Morgan fingerprint density at radius 2 is 1.90 bits per heavy atom. The molecule has 1 atom stereocenters. The third-order valence-corrected chi connectivity index (χ3v) is 4.15. The predicted octanol–water partition coefficient (Wildman–Crippen LogP) is 3.76. The lowest BCUT2D eigenvalue weighted by atomic mass is 10.0. The maximum atomic E-state index is 12.4. The summed E-state index contributed by atoms with van der Waals surface area (Å²) >= 11 is 0. The Morgan fingerprint density at radius 3 is 2.67 bits per heavy atom. The van der Waals surface area contributed by atoms with Gasteiger partial charge in [0.05, 0.1) is 0 Å². The first kappa shape index (κ1) is 14.0. The van der Waals surface area contributed by atoms with Crippen LogP contribution >= 0.6 is 0 Å². The van der Waals surface area contributed by atoms with Gasteiger partial charge in [0, 0.05) is 12.5 Å². The summed E-state index contributed by atoms with van der Waals surface area (Å²) in [5.74, 6) is 0.503. The van der Waals surface area contributed by atoms with Gasteiger partial charge in [0.2, 0.25) is 0 Å². The van der Waals surface area contributed by atoms with Crippen LogP contribution in [0.2, 0.25) is 0 Å². The molecule has 2 nitrogen and oxygen atoms in total. The van der Waals surface area contributed by atoms with Crippen LogP contribution in [0.3, 0.4) is 0 Å². The molecular formula is C19H21NO. The highest BCUT2D eigenvalue weighted by Crippen LogP contribution is 2.29. The highest BCUT2D eigenvalue weighted by Gasteiger charge is 2.29. The SMILES string of the molecule is CN(C)CC1CCC(=Cc2ccc3ccccc3c2)C1=O. The molecule has 1 saturated carbocycles. The van der Waals surface area contributed by atoms with E-state index in [1.165, 1.54) is 10.8 Å². The lowest BCUT2D eigenvalue weighted by Crippen LogP contribution is -2.24. The molecule has 1 fully saturated rings. The first-order valence-electron chi connectivity index (χ1n) is 7.52. The maximum Gasteiger partial charge on any atom is 0.163 e. The van der Waals surface area contributed by atoms with Crippen LogP contribution in [0.15, 0.2) is 48.0 Å². The molecule has 0 N–H and O–H groups in total. The molecule has 0 bridgehead atoms. The van der Waals surface area contributed by atoms with Gasteiger partial charge in [0.15, 0.2) is 5.78 Å². The molecule has 0 radical (unpaired) electrons. The number of rotatable bonds is 3. The van der Waals surface area contributed by atoms with Gasteiger partial charge in [-0.2, -0.15) is 0 Å². The number of ketones is 1. The van der Waals surface area contributed by atoms with E-state index in [-0.39, 0.29) is 5.92 Å². The topological polar surface area (TPSA) is 20.3 Å². The minimum Gasteiger partial charge on any atom is -0.309 e. The lowest BCUT2D eigenvalue weighted by Gasteiger charge is -2.13. The first-order valence-corrected chi connectivity index (χ1v) is 7.52. The number of benzene rings is 2. The molecule has 108 valence electrons. The van der Waals surface area contributed by atoms with Gasteiger partial charge in [-0.3, -0.25) is 4.79 Å². The fourth-order valence-electron chi connectivity index (χ4n) is 3.10. The number of fused-ring (bicyclic) bond motifs is 1. The van der Waals surface area contributed by atoms with E-state index in [0.29, 0.717) is 5.78 Å². The molecule has 0 aromatic heterocycles. The van der Waals surface area contributed by atoms with Gasteiger partial charge >= 0.3 is 0 Å². The Hall–Kier alpha value is -1.93. The summed E-state index contributed by atoms with van der Waals surface area (Å²) in [6, 6.07) is 14.7. The summed E-state index contributed by atoms with van der Waals surface area (Å²) in [4.78, 5) is 14.5. The number of carbonyl (C=O) groups excluding carboxylic acids is 1. The number of hydrogen-bond donors (Lipinski definition) is 0. The highest BCUT2D eigenvalue weighted by atomic mass is 16.1. The van der Waals surface area contributed by atoms with Crippen molar-refractivity contribution in [3.63, 3.8) is 0 Å². The third-order valence-electron chi connectivity index (χ3n) is 4.15. The molecule has 2 aromatic rings. The Balaban J connectivity index is 1.85. The highest BCUT2D eigenvalue weighted by molar-refractivity contribution is 6.03. The van der Waals surface area contributed by atoms with Crippen LogP contribution in [-0.2, 0) is 4.79 Å². The average Bonchev–Trinajstić information content (AvgIpc) is 2.80. The predicted molar refractivity (Wildman–Crippen MR) is 88.2 cm³/mol. The summed E-state index contributed by atoms with van der Waals surface area (Å²) in [5.41, 5.74) is 2.11. The Kier molecular flexibility index (Phi) is 3.89. The summed E-state index contributed by atoms with van der Waals surface area (Å²) < 4.78 is 0. The van der Waals surface area contributed by atoms with Crippen molar-refractivity contribution in [2.75, 3.05) is 20.6 Å². The summed E-state index contributed by atoms with van der Waals surface area (Å²) in [7, 11) is 4.05. The van der Waals surface area contributed by atoms with Crippen molar-refractivity contribution in [1.82, 2.24) is 4.90 Å². The Bertz CT molecular complexity index is 700. The number of nitrogens with zero attached hydrogens (tertiary/aromatic N) is 1. The third kappa shape index (κ3) is 3.06. The van der Waals surface area contributed by atoms with Gasteiger partial charge < -0.3 is 4.90 Å². The average molecular weight is 279 g/mol. The molecule has 0 spiro atoms. The van der Waals surface area contributed by atoms with Crippen molar-refractivity contribution < 1.29 is 4.79 Å². The van der Waals surface area contributed by atoms with E-state index in [9.17, 15) is 4.79 Å². The molecule has 3 rings (SSSR count). The molecule has 1 aliphatic carbocycles. The van der Waals surface area contributed by atoms with Gasteiger partial charge in [-0.15, -0.1) is 0 Å². The van der Waals surface area contributed by atoms with E-state index in [2.05, 4.69) is 41.3 Å². The van der Waals surface area contributed by atoms with Crippen LogP contribution in [0.1, 0.15) is 18.4 Å². The fraction of sp³-hybridized carbons (Fsp3) is 0.316. The molecule has 21 heavy (non-hydrogen) atoms. The van der Waals surface area contributed by atoms with Crippen LogP contribution in [0.5, 0.6) is 0 Å². The summed E-state index contributed by atoms with van der Waals surface area (Å²) in [6.07, 6.45) is 3.96. The second kappa shape index (κ2) is 5.82. The molecule has 0 aliphatic heterocycles. The van der Waals surface area contributed by atoms with Crippen LogP contribution in [0.25, 0.3) is 16.8 Å². The standard InChI is InChI=1S/C19H21NO/c1-20(2)13-18-10-9-17(19(18)21)12-14-7-8-15-5-3-4-6-16(15)11-14/h3-8,11-12,18H,9-10,13H2,1-2H3. The molecular weight excluding hydrogens is 258 g/mol. The zero-order valence-electron chi connectivity index (χ0n) is 12.7. The summed E-state index contributed by atoms with van der Waals surface area (Å²) in [5, 5.41) is 2.46. The Labute approximate surface area is 126 Å². The lowest BCUT2D eigenvalue weighted by molar-refractivity contribution is -0.118. The van der Waals surface area contributed by atoms with Crippen molar-refractivity contribution in [3.05, 3.63) is 53.6 Å². The van der Waals surface area contributed by atoms with E-state index in [1.54, 1.807) is 0 Å². The van der Waals surface area contributed by atoms with Crippen molar-refractivity contribution >= 4 is 22.6 Å². The summed E-state index contributed by atoms with van der Waals surface area (Å²) in [6.45, 7) is 0.855. The number of hydrogen-bond acceptors (Lipinski definition) is 2. The van der Waals surface area contributed by atoms with E-state index < -0.39 is 0 Å². The van der Waals surface area contributed by atoms with Gasteiger partial charge in [-0.25, -0.2) is 0 Å². The van der Waals surface area contributed by atoms with E-state index >= 15 is 0 Å². The zero-order valence-corrected chi connectivity index (χ0v) is 12.7. The van der Waals surface area contributed by atoms with Crippen LogP contribution in [0, 0.1) is 5.92 Å². The number of allylic oxidation sites excluding steroid dienone is 1. The van der Waals surface area contributed by atoms with E-state index in [4.69, 9.17) is 0 Å². The molecule has 2 aromatic carbocycles. The van der Waals surface area contributed by atoms with Crippen molar-refractivity contribution in [2.24, 2.45) is 5.92 Å². The van der Waals surface area contributed by atoms with E-state index in [1.807, 2.05) is 26.2 Å². The van der Waals surface area contributed by atoms with Crippen molar-refractivity contribution in [3.8, 4) is 0 Å². The number of Topliss-reactive ketones (excluding diaryl/α,β-unsaturated/α-hetero) is 1. The Morgan fingerprint density at radius 1 is 1.14 bits per heavy atom. The van der Waals surface area contributed by atoms with Gasteiger partial charge in [-0.05, 0) is 61.0 Å². The second-order valence-corrected chi connectivity index (χ2v) is 6.14. The second-order valence-electron chi connectivity index (χ2n) is 6.14. The monoisotopic (exact) mass is 279 g/mol. The minimum atomic E-state index is 0.173. The molecule has 1 unspecified atom stereocenters. The van der Waals surface area contributed by atoms with Crippen LogP contribution in [0.4, 0.5) is 0 Å². The normalized spacial score (nSPS) is 20.8. The zero-order chi connectivity index (χ0) is 14.8. The van der Waals surface area contributed by atoms with Crippen LogP contribution < -0.4 is 0 Å². The molecule has 0 saturated heterocycles. The quantitative estimate of drug-likeness (QED) is 0.797. The number of carbonyl (C=O) groups is 1. The fourth-order valence-corrected chi connectivity index (χ4v) is 3.10. The maximum absolute atomic E-state index is 12.4. The first-order chi connectivity index (χ1) is 10.1. The largest absolute Gasteiger partial charge is 0.309 e. The van der Waals surface area contributed by atoms with E-state index in [0.717, 1.165) is 30.5 Å². The molecule has 0 heterocycles. The van der Waals surface area contributed by atoms with Crippen molar-refractivity contribution in [2.45, 2.75) is 12.8 Å². The molecule has 1 aliphatic rings. The van der Waals surface area contributed by atoms with Gasteiger partial charge in [0.1, 0.15) is 0 Å². The minimum absolute atomic E-state index is 0.173. The molecule has 2 heteroatoms. The van der Waals surface area contributed by atoms with Gasteiger partial charge in [-0.1, -0.05) is 36.4 Å². The van der Waals surface area contributed by atoms with Gasteiger partial charge in [0.25, 0.3) is 0 Å². The van der Waals surface area contributed by atoms with Crippen LogP contribution in [-0.4, -0.2) is 31.3 Å². The smallest absolute Gasteiger partial charge is 0.163 e. The van der Waals surface area contributed by atoms with Crippen molar-refractivity contribution in [1.29, 1.82) is 0 Å².